The molecule has 2 unspecified atom stereocenters. The average Bonchev–Trinajstić information content (AvgIpc) is 3.30. The van der Waals surface area contributed by atoms with Crippen LogP contribution in [0.2, 0.25) is 0 Å². The molecule has 5 heterocycles. The molecular formula is C23H33N5. The fraction of sp³-hybridized carbons (Fsp3) is 0.652. The fourth-order valence-electron chi connectivity index (χ4n) is 5.65. The van der Waals surface area contributed by atoms with Crippen molar-refractivity contribution in [2.24, 2.45) is 11.8 Å². The summed E-state index contributed by atoms with van der Waals surface area (Å²) in [5.74, 6) is 2.85. The molecule has 6 rings (SSSR count). The van der Waals surface area contributed by atoms with Gasteiger partial charge >= 0.3 is 0 Å². The van der Waals surface area contributed by atoms with E-state index >= 15 is 0 Å². The zero-order valence-corrected chi connectivity index (χ0v) is 16.9. The average molecular weight is 380 g/mol. The van der Waals surface area contributed by atoms with Crippen molar-refractivity contribution in [1.82, 2.24) is 24.8 Å². The first kappa shape index (κ1) is 18.3. The van der Waals surface area contributed by atoms with Crippen LogP contribution in [0.4, 0.5) is 0 Å². The van der Waals surface area contributed by atoms with E-state index in [0.29, 0.717) is 6.04 Å². The van der Waals surface area contributed by atoms with E-state index in [1.165, 1.54) is 75.2 Å². The molecule has 5 nitrogen and oxygen atoms in total. The Hall–Kier alpha value is -1.72. The molecule has 0 aromatic carbocycles. The first-order valence-corrected chi connectivity index (χ1v) is 11.2. The number of hydrogen-bond acceptors (Lipinski definition) is 4. The van der Waals surface area contributed by atoms with Crippen LogP contribution in [0.5, 0.6) is 0 Å². The summed E-state index contributed by atoms with van der Waals surface area (Å²) in [4.78, 5) is 18.0. The minimum Gasteiger partial charge on any atom is -0.345 e. The molecule has 3 saturated heterocycles. The first-order chi connectivity index (χ1) is 13.8. The number of nitrogens with one attached hydrogen (secondary N) is 1. The van der Waals surface area contributed by atoms with Crippen LogP contribution in [0, 0.1) is 11.8 Å². The summed E-state index contributed by atoms with van der Waals surface area (Å²) in [6.07, 6.45) is 15.4. The second kappa shape index (κ2) is 8.34. The topological polar surface area (TPSA) is 48.1 Å². The highest BCUT2D eigenvalue weighted by atomic mass is 15.3. The number of hydrogen-bond donors (Lipinski definition) is 1. The van der Waals surface area contributed by atoms with Gasteiger partial charge in [-0.25, -0.2) is 4.98 Å². The van der Waals surface area contributed by atoms with Gasteiger partial charge in [0.2, 0.25) is 0 Å². The van der Waals surface area contributed by atoms with E-state index in [1.807, 2.05) is 12.4 Å². The molecular weight excluding hydrogens is 346 g/mol. The van der Waals surface area contributed by atoms with E-state index in [0.717, 1.165) is 31.3 Å². The monoisotopic (exact) mass is 379 g/mol. The Kier molecular flexibility index (Phi) is 5.45. The molecule has 0 amide bonds. The van der Waals surface area contributed by atoms with E-state index in [-0.39, 0.29) is 0 Å². The summed E-state index contributed by atoms with van der Waals surface area (Å²) in [6, 6.07) is 4.92. The quantitative estimate of drug-likeness (QED) is 0.833. The Morgan fingerprint density at radius 3 is 2.79 bits per heavy atom. The number of imidazole rings is 1. The van der Waals surface area contributed by atoms with Gasteiger partial charge in [0.25, 0.3) is 0 Å². The number of rotatable bonds is 6. The Bertz CT molecular complexity index is 751. The molecule has 0 radical (unpaired) electrons. The molecule has 2 bridgehead atoms. The third-order valence-corrected chi connectivity index (χ3v) is 7.04. The highest BCUT2D eigenvalue weighted by molar-refractivity contribution is 5.09. The van der Waals surface area contributed by atoms with E-state index < -0.39 is 0 Å². The van der Waals surface area contributed by atoms with Crippen LogP contribution in [0.1, 0.15) is 55.6 Å². The lowest BCUT2D eigenvalue weighted by molar-refractivity contribution is 0.121. The van der Waals surface area contributed by atoms with Gasteiger partial charge in [-0.3, -0.25) is 14.8 Å². The molecule has 3 aliphatic heterocycles. The molecule has 2 aromatic heterocycles. The minimum absolute atomic E-state index is 0.664. The van der Waals surface area contributed by atoms with Crippen LogP contribution < -0.4 is 0 Å². The molecule has 1 N–H and O–H groups in total. The van der Waals surface area contributed by atoms with Gasteiger partial charge in [-0.05, 0) is 36.3 Å². The predicted molar refractivity (Wildman–Crippen MR) is 111 cm³/mol. The zero-order valence-electron chi connectivity index (χ0n) is 16.9. The van der Waals surface area contributed by atoms with Crippen molar-refractivity contribution in [2.75, 3.05) is 19.6 Å². The van der Waals surface area contributed by atoms with Crippen LogP contribution in [0.25, 0.3) is 0 Å². The minimum atomic E-state index is 0.664. The van der Waals surface area contributed by atoms with Crippen molar-refractivity contribution >= 4 is 0 Å². The molecule has 4 aliphatic rings. The fourth-order valence-corrected chi connectivity index (χ4v) is 5.65. The number of aromatic nitrogens is 3. The third kappa shape index (κ3) is 4.31. The SMILES string of the molecule is c1cncc(CN2CC3CCC(C2)N(Cc2cnc(CC4CCCC4)[nH]2)C3)c1. The van der Waals surface area contributed by atoms with Crippen molar-refractivity contribution in [2.45, 2.75) is 64.1 Å². The lowest BCUT2D eigenvalue weighted by atomic mass is 9.95. The number of fused-ring (bicyclic) bond motifs is 4. The molecule has 0 spiro atoms. The molecule has 150 valence electrons. The Morgan fingerprint density at radius 2 is 1.93 bits per heavy atom. The maximum Gasteiger partial charge on any atom is 0.106 e. The summed E-state index contributed by atoms with van der Waals surface area (Å²) < 4.78 is 0. The summed E-state index contributed by atoms with van der Waals surface area (Å²) in [6.45, 7) is 5.68. The van der Waals surface area contributed by atoms with Gasteiger partial charge in [0.1, 0.15) is 5.82 Å². The van der Waals surface area contributed by atoms with E-state index in [2.05, 4.69) is 38.1 Å². The van der Waals surface area contributed by atoms with Gasteiger partial charge in [-0.15, -0.1) is 0 Å². The lowest BCUT2D eigenvalue weighted by Crippen LogP contribution is -2.43. The van der Waals surface area contributed by atoms with Gasteiger partial charge in [0.15, 0.2) is 0 Å². The second-order valence-electron chi connectivity index (χ2n) is 9.29. The van der Waals surface area contributed by atoms with Crippen LogP contribution in [-0.2, 0) is 19.5 Å². The van der Waals surface area contributed by atoms with Gasteiger partial charge < -0.3 is 4.98 Å². The highest BCUT2D eigenvalue weighted by Gasteiger charge is 2.34. The predicted octanol–water partition coefficient (Wildman–Crippen LogP) is 3.63. The number of aromatic amines is 1. The van der Waals surface area contributed by atoms with Crippen molar-refractivity contribution in [3.05, 3.63) is 47.8 Å². The molecule has 1 aliphatic carbocycles. The van der Waals surface area contributed by atoms with Crippen LogP contribution in [0.3, 0.4) is 0 Å². The largest absolute Gasteiger partial charge is 0.345 e. The molecule has 2 atom stereocenters. The maximum atomic E-state index is 4.70. The summed E-state index contributed by atoms with van der Waals surface area (Å²) in [7, 11) is 0. The molecule has 5 heteroatoms. The van der Waals surface area contributed by atoms with E-state index in [4.69, 9.17) is 4.98 Å². The van der Waals surface area contributed by atoms with Gasteiger partial charge in [-0.1, -0.05) is 31.7 Å². The van der Waals surface area contributed by atoms with Gasteiger partial charge in [0.05, 0.1) is 0 Å². The van der Waals surface area contributed by atoms with Crippen molar-refractivity contribution in [3.8, 4) is 0 Å². The van der Waals surface area contributed by atoms with Crippen molar-refractivity contribution < 1.29 is 0 Å². The number of piperidine rings is 1. The van der Waals surface area contributed by atoms with Crippen molar-refractivity contribution in [1.29, 1.82) is 0 Å². The zero-order chi connectivity index (χ0) is 18.8. The number of H-pyrrole nitrogens is 1. The van der Waals surface area contributed by atoms with Crippen LogP contribution >= 0.6 is 0 Å². The van der Waals surface area contributed by atoms with Gasteiger partial charge in [0, 0.05) is 69.5 Å². The molecule has 4 fully saturated rings. The molecule has 2 aromatic rings. The van der Waals surface area contributed by atoms with Gasteiger partial charge in [-0.2, -0.15) is 0 Å². The third-order valence-electron chi connectivity index (χ3n) is 7.04. The number of nitrogens with zero attached hydrogens (tertiary/aromatic N) is 4. The Balaban J connectivity index is 1.20. The van der Waals surface area contributed by atoms with E-state index in [9.17, 15) is 0 Å². The Labute approximate surface area is 168 Å². The molecule has 28 heavy (non-hydrogen) atoms. The normalized spacial score (nSPS) is 26.7. The van der Waals surface area contributed by atoms with Crippen LogP contribution in [0.15, 0.2) is 30.7 Å². The smallest absolute Gasteiger partial charge is 0.106 e. The maximum absolute atomic E-state index is 4.70. The summed E-state index contributed by atoms with van der Waals surface area (Å²) in [5, 5.41) is 0. The molecule has 1 saturated carbocycles. The van der Waals surface area contributed by atoms with Crippen molar-refractivity contribution in [3.63, 3.8) is 0 Å². The summed E-state index contributed by atoms with van der Waals surface area (Å²) >= 11 is 0. The first-order valence-electron chi connectivity index (χ1n) is 11.2. The lowest BCUT2D eigenvalue weighted by Gasteiger charge is -2.35. The Morgan fingerprint density at radius 1 is 1.00 bits per heavy atom. The number of pyridine rings is 1. The van der Waals surface area contributed by atoms with Crippen LogP contribution in [-0.4, -0.2) is 50.4 Å². The van der Waals surface area contributed by atoms with E-state index in [1.54, 1.807) is 0 Å². The summed E-state index contributed by atoms with van der Waals surface area (Å²) in [5.41, 5.74) is 2.64. The highest BCUT2D eigenvalue weighted by Crippen LogP contribution is 2.30. The second-order valence-corrected chi connectivity index (χ2v) is 9.29. The standard InChI is InChI=1S/C23H33N5/c1-2-5-18(4-1)10-23-25-12-21(26-23)16-28-15-20-7-8-22(28)17-27(14-20)13-19-6-3-9-24-11-19/h3,6,9,11-12,18,20,22H,1-2,4-5,7-8,10,13-17H2,(H,25,26).